The lowest BCUT2D eigenvalue weighted by atomic mass is 9.74. The SMILES string of the molecule is CCC1(CC)CCN(CC(=O)c2cc(C)sc2C)CC1. The third-order valence-electron chi connectivity index (χ3n) is 5.13. The molecule has 2 rings (SSSR count). The average molecular weight is 293 g/mol. The van der Waals surface area contributed by atoms with Crippen LogP contribution in [0.5, 0.6) is 0 Å². The van der Waals surface area contributed by atoms with Crippen LogP contribution in [0, 0.1) is 19.3 Å². The van der Waals surface area contributed by atoms with Gasteiger partial charge < -0.3 is 0 Å². The monoisotopic (exact) mass is 293 g/mol. The van der Waals surface area contributed by atoms with Crippen LogP contribution in [0.2, 0.25) is 0 Å². The minimum absolute atomic E-state index is 0.298. The van der Waals surface area contributed by atoms with Crippen molar-refractivity contribution < 1.29 is 4.79 Å². The Morgan fingerprint density at radius 1 is 1.25 bits per heavy atom. The molecular formula is C17H27NOS. The lowest BCUT2D eigenvalue weighted by molar-refractivity contribution is 0.0756. The van der Waals surface area contributed by atoms with Crippen LogP contribution in [-0.2, 0) is 0 Å². The topological polar surface area (TPSA) is 20.3 Å². The molecule has 112 valence electrons. The fraction of sp³-hybridized carbons (Fsp3) is 0.706. The number of piperidine rings is 1. The van der Waals surface area contributed by atoms with Crippen LogP contribution in [-0.4, -0.2) is 30.3 Å². The van der Waals surface area contributed by atoms with Gasteiger partial charge >= 0.3 is 0 Å². The Morgan fingerprint density at radius 3 is 2.30 bits per heavy atom. The maximum absolute atomic E-state index is 12.4. The largest absolute Gasteiger partial charge is 0.296 e. The van der Waals surface area contributed by atoms with Gasteiger partial charge in [-0.3, -0.25) is 9.69 Å². The molecule has 1 fully saturated rings. The van der Waals surface area contributed by atoms with E-state index in [1.54, 1.807) is 11.3 Å². The van der Waals surface area contributed by atoms with Crippen LogP contribution in [0.25, 0.3) is 0 Å². The highest BCUT2D eigenvalue weighted by atomic mass is 32.1. The van der Waals surface area contributed by atoms with Crippen molar-refractivity contribution in [2.45, 2.75) is 53.4 Å². The second kappa shape index (κ2) is 6.40. The van der Waals surface area contributed by atoms with Crippen LogP contribution in [0.15, 0.2) is 6.07 Å². The second-order valence-corrected chi connectivity index (χ2v) is 7.69. The van der Waals surface area contributed by atoms with Gasteiger partial charge in [0.25, 0.3) is 0 Å². The number of Topliss-reactive ketones (excluding diaryl/α,β-unsaturated/α-hetero) is 1. The number of ketones is 1. The highest BCUT2D eigenvalue weighted by Gasteiger charge is 2.31. The predicted molar refractivity (Wildman–Crippen MR) is 86.8 cm³/mol. The predicted octanol–water partition coefficient (Wildman–Crippen LogP) is 4.45. The van der Waals surface area contributed by atoms with Crippen molar-refractivity contribution >= 4 is 17.1 Å². The standard InChI is InChI=1S/C17H27NOS/c1-5-17(6-2)7-9-18(10-8-17)12-16(19)15-11-13(3)20-14(15)4/h11H,5-10,12H2,1-4H3. The Balaban J connectivity index is 1.93. The van der Waals surface area contributed by atoms with E-state index in [-0.39, 0.29) is 0 Å². The number of aryl methyl sites for hydroxylation is 2. The molecule has 0 bridgehead atoms. The fourth-order valence-corrected chi connectivity index (χ4v) is 4.28. The molecule has 0 aromatic carbocycles. The minimum atomic E-state index is 0.298. The molecule has 0 saturated carbocycles. The molecule has 0 atom stereocenters. The number of carbonyl (C=O) groups excluding carboxylic acids is 1. The van der Waals surface area contributed by atoms with E-state index in [4.69, 9.17) is 0 Å². The molecule has 1 saturated heterocycles. The number of likely N-dealkylation sites (tertiary alicyclic amines) is 1. The zero-order valence-electron chi connectivity index (χ0n) is 13.3. The lowest BCUT2D eigenvalue weighted by Crippen LogP contribution is -2.41. The highest BCUT2D eigenvalue weighted by molar-refractivity contribution is 7.12. The van der Waals surface area contributed by atoms with E-state index in [9.17, 15) is 4.79 Å². The summed E-state index contributed by atoms with van der Waals surface area (Å²) < 4.78 is 0. The Morgan fingerprint density at radius 2 is 1.85 bits per heavy atom. The summed E-state index contributed by atoms with van der Waals surface area (Å²) in [5.41, 5.74) is 1.48. The van der Waals surface area contributed by atoms with Gasteiger partial charge in [0, 0.05) is 15.3 Å². The van der Waals surface area contributed by atoms with Crippen molar-refractivity contribution in [2.75, 3.05) is 19.6 Å². The van der Waals surface area contributed by atoms with Gasteiger partial charge in [0.1, 0.15) is 0 Å². The van der Waals surface area contributed by atoms with Crippen LogP contribution >= 0.6 is 11.3 Å². The molecule has 20 heavy (non-hydrogen) atoms. The minimum Gasteiger partial charge on any atom is -0.296 e. The summed E-state index contributed by atoms with van der Waals surface area (Å²) >= 11 is 1.73. The van der Waals surface area contributed by atoms with Crippen molar-refractivity contribution in [3.05, 3.63) is 21.4 Å². The van der Waals surface area contributed by atoms with Crippen LogP contribution in [0.4, 0.5) is 0 Å². The molecule has 2 heterocycles. The summed E-state index contributed by atoms with van der Waals surface area (Å²) in [5.74, 6) is 0.298. The van der Waals surface area contributed by atoms with Gasteiger partial charge in [-0.2, -0.15) is 0 Å². The quantitative estimate of drug-likeness (QED) is 0.748. The summed E-state index contributed by atoms with van der Waals surface area (Å²) in [6, 6.07) is 2.05. The van der Waals surface area contributed by atoms with Gasteiger partial charge in [-0.1, -0.05) is 26.7 Å². The van der Waals surface area contributed by atoms with E-state index in [1.807, 2.05) is 0 Å². The Hall–Kier alpha value is -0.670. The number of carbonyl (C=O) groups is 1. The average Bonchev–Trinajstić information content (AvgIpc) is 2.79. The number of hydrogen-bond donors (Lipinski definition) is 0. The van der Waals surface area contributed by atoms with Crippen LogP contribution in [0.1, 0.15) is 59.6 Å². The summed E-state index contributed by atoms with van der Waals surface area (Å²) in [6.07, 6.45) is 5.03. The van der Waals surface area contributed by atoms with Crippen LogP contribution < -0.4 is 0 Å². The van der Waals surface area contributed by atoms with Gasteiger partial charge in [0.05, 0.1) is 6.54 Å². The summed E-state index contributed by atoms with van der Waals surface area (Å²) in [7, 11) is 0. The molecule has 0 radical (unpaired) electrons. The van der Waals surface area contributed by atoms with E-state index in [0.717, 1.165) is 18.7 Å². The first-order valence-corrected chi connectivity index (χ1v) is 8.64. The normalized spacial score (nSPS) is 19.2. The lowest BCUT2D eigenvalue weighted by Gasteiger charge is -2.40. The van der Waals surface area contributed by atoms with Gasteiger partial charge in [0.15, 0.2) is 5.78 Å². The third kappa shape index (κ3) is 3.32. The zero-order valence-corrected chi connectivity index (χ0v) is 14.1. The molecular weight excluding hydrogens is 266 g/mol. The Bertz CT molecular complexity index is 463. The first-order chi connectivity index (χ1) is 9.49. The molecule has 0 spiro atoms. The molecule has 1 aromatic heterocycles. The molecule has 0 unspecified atom stereocenters. The molecule has 0 amide bonds. The third-order valence-corrected chi connectivity index (χ3v) is 6.09. The van der Waals surface area contributed by atoms with E-state index in [1.165, 1.54) is 35.4 Å². The van der Waals surface area contributed by atoms with Gasteiger partial charge in [-0.25, -0.2) is 0 Å². The first kappa shape index (κ1) is 15.7. The Labute approximate surface area is 127 Å². The number of thiophene rings is 1. The number of hydrogen-bond acceptors (Lipinski definition) is 3. The second-order valence-electron chi connectivity index (χ2n) is 6.23. The van der Waals surface area contributed by atoms with Gasteiger partial charge in [-0.05, 0) is 51.3 Å². The smallest absolute Gasteiger partial charge is 0.177 e. The van der Waals surface area contributed by atoms with E-state index in [2.05, 4.69) is 38.7 Å². The maximum Gasteiger partial charge on any atom is 0.177 e. The van der Waals surface area contributed by atoms with Gasteiger partial charge in [0.2, 0.25) is 0 Å². The summed E-state index contributed by atoms with van der Waals surface area (Å²) in [4.78, 5) is 17.2. The van der Waals surface area contributed by atoms with E-state index < -0.39 is 0 Å². The van der Waals surface area contributed by atoms with Crippen molar-refractivity contribution in [1.29, 1.82) is 0 Å². The molecule has 0 N–H and O–H groups in total. The number of nitrogens with zero attached hydrogens (tertiary/aromatic N) is 1. The summed E-state index contributed by atoms with van der Waals surface area (Å²) in [5, 5.41) is 0. The molecule has 1 aliphatic rings. The molecule has 0 aliphatic carbocycles. The van der Waals surface area contributed by atoms with Crippen molar-refractivity contribution in [3.8, 4) is 0 Å². The van der Waals surface area contributed by atoms with Crippen molar-refractivity contribution in [1.82, 2.24) is 4.90 Å². The summed E-state index contributed by atoms with van der Waals surface area (Å²) in [6.45, 7) is 11.5. The van der Waals surface area contributed by atoms with Crippen LogP contribution in [0.3, 0.4) is 0 Å². The molecule has 1 aromatic rings. The maximum atomic E-state index is 12.4. The zero-order chi connectivity index (χ0) is 14.8. The highest BCUT2D eigenvalue weighted by Crippen LogP contribution is 2.37. The Kier molecular flexibility index (Phi) is 5.03. The van der Waals surface area contributed by atoms with E-state index in [0.29, 0.717) is 17.7 Å². The molecule has 3 heteroatoms. The van der Waals surface area contributed by atoms with Crippen molar-refractivity contribution in [2.24, 2.45) is 5.41 Å². The molecule has 1 aliphatic heterocycles. The van der Waals surface area contributed by atoms with Crippen molar-refractivity contribution in [3.63, 3.8) is 0 Å². The fourth-order valence-electron chi connectivity index (χ4n) is 3.34. The van der Waals surface area contributed by atoms with Gasteiger partial charge in [-0.15, -0.1) is 11.3 Å². The van der Waals surface area contributed by atoms with E-state index >= 15 is 0 Å². The first-order valence-electron chi connectivity index (χ1n) is 7.82. The molecule has 2 nitrogen and oxygen atoms in total. The number of rotatable bonds is 5.